The Balaban J connectivity index is -0.000000845. The van der Waals surface area contributed by atoms with E-state index < -0.39 is 42.4 Å². The Hall–Kier alpha value is 0.240. The van der Waals surface area contributed by atoms with Crippen LogP contribution in [0, 0.1) is 0 Å². The third-order valence-electron chi connectivity index (χ3n) is 1.33. The molecular weight excluding hydrogens is 240 g/mol. The van der Waals surface area contributed by atoms with Crippen LogP contribution in [0.1, 0.15) is 12.8 Å². The zero-order valence-electron chi connectivity index (χ0n) is 9.02. The van der Waals surface area contributed by atoms with Gasteiger partial charge in [-0.3, -0.25) is 9.59 Å². The van der Waals surface area contributed by atoms with Gasteiger partial charge in [0.2, 0.25) is 0 Å². The second-order valence-electron chi connectivity index (χ2n) is 2.51. The summed E-state index contributed by atoms with van der Waals surface area (Å²) in [6, 6.07) is -1.74. The van der Waals surface area contributed by atoms with Crippen molar-refractivity contribution in [3.8, 4) is 0 Å². The van der Waals surface area contributed by atoms with Gasteiger partial charge in [0.15, 0.2) is 11.6 Å². The number of carboxylic acid groups (broad SMARTS) is 2. The first-order valence-corrected chi connectivity index (χ1v) is 3.55. The predicted octanol–water partition coefficient (Wildman–Crippen LogP) is -10.3. The van der Waals surface area contributed by atoms with E-state index in [1.807, 2.05) is 0 Å². The van der Waals surface area contributed by atoms with E-state index in [0.717, 1.165) is 0 Å². The molecule has 16 heavy (non-hydrogen) atoms. The van der Waals surface area contributed by atoms with Crippen LogP contribution < -0.4 is 75.1 Å². The normalized spacial score (nSPS) is 8.62. The molecule has 0 aromatic heterocycles. The van der Waals surface area contributed by atoms with Crippen molar-refractivity contribution < 1.29 is 88.5 Å². The van der Waals surface area contributed by atoms with Gasteiger partial charge in [0.05, 0.1) is 0 Å². The van der Waals surface area contributed by atoms with Crippen molar-refractivity contribution in [2.45, 2.75) is 18.9 Å². The van der Waals surface area contributed by atoms with Crippen molar-refractivity contribution in [2.75, 3.05) is 0 Å². The Morgan fingerprint density at radius 1 is 0.875 bits per heavy atom. The standard InChI is InChI=1S/C7H9NO6.2Na/c8-7(3(9)1-5(11)12)4(10)2-6(13)14;;/h7H,1-2,8H2,(H,11,12)(H,13,14);;/q;2*+1/p-2. The fraction of sp³-hybridized carbons (Fsp3) is 0.429. The fourth-order valence-electron chi connectivity index (χ4n) is 0.684. The van der Waals surface area contributed by atoms with Crippen LogP contribution in [0.2, 0.25) is 0 Å². The van der Waals surface area contributed by atoms with Gasteiger partial charge in [-0.1, -0.05) is 0 Å². The molecule has 0 aromatic carbocycles. The van der Waals surface area contributed by atoms with Gasteiger partial charge in [0.1, 0.15) is 6.04 Å². The molecule has 0 aliphatic rings. The maximum absolute atomic E-state index is 10.8. The largest absolute Gasteiger partial charge is 1.00 e. The van der Waals surface area contributed by atoms with Gasteiger partial charge in [-0.2, -0.15) is 0 Å². The van der Waals surface area contributed by atoms with Crippen LogP contribution in [0.15, 0.2) is 0 Å². The molecule has 78 valence electrons. The van der Waals surface area contributed by atoms with E-state index in [1.54, 1.807) is 0 Å². The van der Waals surface area contributed by atoms with Crippen LogP contribution in [0.5, 0.6) is 0 Å². The number of aliphatic carboxylic acids is 2. The minimum atomic E-state index is -1.74. The van der Waals surface area contributed by atoms with Crippen molar-refractivity contribution in [1.82, 2.24) is 0 Å². The third kappa shape index (κ3) is 9.46. The zero-order valence-corrected chi connectivity index (χ0v) is 13.0. The van der Waals surface area contributed by atoms with Gasteiger partial charge in [0, 0.05) is 24.8 Å². The molecule has 0 saturated carbocycles. The van der Waals surface area contributed by atoms with Crippen molar-refractivity contribution in [3.05, 3.63) is 0 Å². The van der Waals surface area contributed by atoms with E-state index in [-0.39, 0.29) is 59.1 Å². The summed E-state index contributed by atoms with van der Waals surface area (Å²) < 4.78 is 0. The van der Waals surface area contributed by atoms with Gasteiger partial charge < -0.3 is 25.5 Å². The maximum Gasteiger partial charge on any atom is 1.00 e. The van der Waals surface area contributed by atoms with Crippen molar-refractivity contribution >= 4 is 23.5 Å². The summed E-state index contributed by atoms with van der Waals surface area (Å²) >= 11 is 0. The Kier molecular flexibility index (Phi) is 14.0. The number of carboxylic acids is 2. The third-order valence-corrected chi connectivity index (χ3v) is 1.33. The number of hydrogen-bond acceptors (Lipinski definition) is 7. The summed E-state index contributed by atoms with van der Waals surface area (Å²) in [5.74, 6) is -5.52. The van der Waals surface area contributed by atoms with E-state index in [1.165, 1.54) is 0 Å². The quantitative estimate of drug-likeness (QED) is 0.363. The first-order valence-electron chi connectivity index (χ1n) is 3.55. The van der Waals surface area contributed by atoms with Gasteiger partial charge in [-0.05, 0) is 0 Å². The van der Waals surface area contributed by atoms with Crippen LogP contribution in [0.25, 0.3) is 0 Å². The average molecular weight is 247 g/mol. The molecule has 0 aliphatic carbocycles. The predicted molar refractivity (Wildman–Crippen MR) is 37.2 cm³/mol. The van der Waals surface area contributed by atoms with E-state index in [9.17, 15) is 29.4 Å². The second-order valence-corrected chi connectivity index (χ2v) is 2.51. The smallest absolute Gasteiger partial charge is 0.550 e. The van der Waals surface area contributed by atoms with Gasteiger partial charge in [-0.15, -0.1) is 0 Å². The summed E-state index contributed by atoms with van der Waals surface area (Å²) in [5.41, 5.74) is 4.98. The molecule has 0 saturated heterocycles. The van der Waals surface area contributed by atoms with Crippen LogP contribution >= 0.6 is 0 Å². The molecule has 2 N–H and O–H groups in total. The summed E-state index contributed by atoms with van der Waals surface area (Å²) in [5, 5.41) is 19.9. The average Bonchev–Trinajstić information content (AvgIpc) is 2.00. The molecule has 0 unspecified atom stereocenters. The Labute approximate surface area is 135 Å². The molecule has 7 nitrogen and oxygen atoms in total. The monoisotopic (exact) mass is 247 g/mol. The van der Waals surface area contributed by atoms with Crippen molar-refractivity contribution in [2.24, 2.45) is 5.73 Å². The maximum atomic E-state index is 10.8. The first-order chi connectivity index (χ1) is 6.34. The van der Waals surface area contributed by atoms with E-state index in [0.29, 0.717) is 0 Å². The number of Topliss-reactive ketones (excluding diaryl/α,β-unsaturated/α-hetero) is 2. The molecule has 0 amide bonds. The summed E-state index contributed by atoms with van der Waals surface area (Å²) in [6.07, 6.45) is -2.03. The molecule has 0 rings (SSSR count). The molecule has 0 fully saturated rings. The summed E-state index contributed by atoms with van der Waals surface area (Å²) in [7, 11) is 0. The second kappa shape index (κ2) is 10.4. The number of hydrogen-bond donors (Lipinski definition) is 1. The van der Waals surface area contributed by atoms with E-state index in [4.69, 9.17) is 5.73 Å². The molecule has 0 spiro atoms. The molecule has 9 heteroatoms. The summed E-state index contributed by atoms with van der Waals surface area (Å²) in [4.78, 5) is 41.5. The topological polar surface area (TPSA) is 140 Å². The number of nitrogens with two attached hydrogens (primary N) is 1. The van der Waals surface area contributed by atoms with Crippen LogP contribution in [0.4, 0.5) is 0 Å². The fourth-order valence-corrected chi connectivity index (χ4v) is 0.684. The molecular formula is C7H7NNa2O6. The van der Waals surface area contributed by atoms with Gasteiger partial charge in [0.25, 0.3) is 0 Å². The Bertz CT molecular complexity index is 265. The molecule has 0 bridgehead atoms. The first kappa shape index (κ1) is 21.5. The molecule has 0 atom stereocenters. The van der Waals surface area contributed by atoms with Crippen molar-refractivity contribution in [3.63, 3.8) is 0 Å². The molecule has 0 aliphatic heterocycles. The van der Waals surface area contributed by atoms with Crippen molar-refractivity contribution in [1.29, 1.82) is 0 Å². The van der Waals surface area contributed by atoms with Crippen LogP contribution in [0.3, 0.4) is 0 Å². The Morgan fingerprint density at radius 3 is 1.31 bits per heavy atom. The van der Waals surface area contributed by atoms with Crippen LogP contribution in [-0.2, 0) is 19.2 Å². The molecule has 0 radical (unpaired) electrons. The molecule has 0 aromatic rings. The number of ketones is 2. The molecule has 0 heterocycles. The van der Waals surface area contributed by atoms with E-state index in [2.05, 4.69) is 0 Å². The number of rotatable bonds is 6. The van der Waals surface area contributed by atoms with Crippen LogP contribution in [-0.4, -0.2) is 29.5 Å². The number of carbonyl (C=O) groups excluding carboxylic acids is 4. The minimum absolute atomic E-state index is 0. The van der Waals surface area contributed by atoms with E-state index >= 15 is 0 Å². The minimum Gasteiger partial charge on any atom is -0.550 e. The SMILES string of the molecule is NC(C(=O)CC(=O)[O-])C(=O)CC(=O)[O-].[Na+].[Na+]. The Morgan fingerprint density at radius 2 is 1.12 bits per heavy atom. The zero-order chi connectivity index (χ0) is 11.3. The number of carbonyl (C=O) groups is 4. The summed E-state index contributed by atoms with van der Waals surface area (Å²) in [6.45, 7) is 0. The van der Waals surface area contributed by atoms with Gasteiger partial charge >= 0.3 is 59.1 Å². The van der Waals surface area contributed by atoms with Gasteiger partial charge in [-0.25, -0.2) is 0 Å².